The van der Waals surface area contributed by atoms with Crippen LogP contribution in [0, 0.1) is 0 Å². The van der Waals surface area contributed by atoms with Crippen LogP contribution >= 0.6 is 11.3 Å². The molecule has 0 spiro atoms. The predicted molar refractivity (Wildman–Crippen MR) is 104 cm³/mol. The van der Waals surface area contributed by atoms with Gasteiger partial charge in [-0.25, -0.2) is 9.97 Å². The van der Waals surface area contributed by atoms with Crippen LogP contribution in [0.15, 0.2) is 42.2 Å². The monoisotopic (exact) mass is 395 g/mol. The molecule has 2 N–H and O–H groups in total. The number of ether oxygens (including phenoxy) is 1. The van der Waals surface area contributed by atoms with Crippen LogP contribution < -0.4 is 15.4 Å². The van der Waals surface area contributed by atoms with E-state index in [1.54, 1.807) is 0 Å². The number of nitrogens with one attached hydrogen (secondary N) is 2. The lowest BCUT2D eigenvalue weighted by atomic mass is 9.97. The van der Waals surface area contributed by atoms with Crippen LogP contribution in [0.3, 0.4) is 0 Å². The number of hydrogen-bond donors (Lipinski definition) is 2. The third-order valence-electron chi connectivity index (χ3n) is 4.24. The van der Waals surface area contributed by atoms with Gasteiger partial charge in [0.25, 0.3) is 5.91 Å². The van der Waals surface area contributed by atoms with Crippen molar-refractivity contribution in [1.29, 1.82) is 0 Å². The minimum Gasteiger partial charge on any atom is -0.493 e. The zero-order chi connectivity index (χ0) is 19.5. The topological polar surface area (TPSA) is 106 Å². The lowest BCUT2D eigenvalue weighted by Crippen LogP contribution is -2.30. The first kappa shape index (κ1) is 18.1. The molecule has 0 fully saturated rings. The number of nitrogens with zero attached hydrogens (tertiary/aromatic N) is 3. The number of hydrogen-bond acceptors (Lipinski definition) is 7. The highest BCUT2D eigenvalue weighted by Crippen LogP contribution is 2.36. The van der Waals surface area contributed by atoms with Crippen molar-refractivity contribution >= 4 is 28.3 Å². The van der Waals surface area contributed by atoms with Crippen molar-refractivity contribution < 1.29 is 14.3 Å². The predicted octanol–water partition coefficient (Wildman–Crippen LogP) is 2.81. The number of rotatable bonds is 4. The molecule has 3 aromatic rings. The highest BCUT2D eigenvalue weighted by molar-refractivity contribution is 7.14. The Morgan fingerprint density at radius 3 is 2.96 bits per heavy atom. The zero-order valence-corrected chi connectivity index (χ0v) is 15.8. The standard InChI is InChI=1S/C19H17N5O3S/c1-11(25)22-14-4-7-27-17-3-2-12(8-13(14)17)16-10-28-19(23-16)24-18(26)15-9-20-5-6-21-15/h2-3,5-6,8-10,14H,4,7H2,1H3,(H,22,25)(H,23,24,26). The zero-order valence-electron chi connectivity index (χ0n) is 15.0. The van der Waals surface area contributed by atoms with E-state index in [0.29, 0.717) is 18.2 Å². The molecule has 0 aliphatic carbocycles. The van der Waals surface area contributed by atoms with E-state index >= 15 is 0 Å². The van der Waals surface area contributed by atoms with E-state index in [2.05, 4.69) is 25.6 Å². The van der Waals surface area contributed by atoms with E-state index in [1.807, 2.05) is 23.6 Å². The van der Waals surface area contributed by atoms with E-state index in [9.17, 15) is 9.59 Å². The van der Waals surface area contributed by atoms with E-state index in [4.69, 9.17) is 4.74 Å². The van der Waals surface area contributed by atoms with Crippen molar-refractivity contribution in [2.24, 2.45) is 0 Å². The molecule has 1 atom stereocenters. The Kier molecular flexibility index (Phi) is 4.98. The summed E-state index contributed by atoms with van der Waals surface area (Å²) in [4.78, 5) is 36.0. The largest absolute Gasteiger partial charge is 0.493 e. The first-order chi connectivity index (χ1) is 13.6. The van der Waals surface area contributed by atoms with Crippen molar-refractivity contribution in [3.63, 3.8) is 0 Å². The first-order valence-electron chi connectivity index (χ1n) is 8.67. The van der Waals surface area contributed by atoms with Crippen molar-refractivity contribution in [3.8, 4) is 17.0 Å². The molecule has 142 valence electrons. The first-order valence-corrected chi connectivity index (χ1v) is 9.55. The highest BCUT2D eigenvalue weighted by atomic mass is 32.1. The molecule has 1 aliphatic rings. The van der Waals surface area contributed by atoms with Crippen LogP contribution in [-0.4, -0.2) is 33.4 Å². The molecule has 0 saturated heterocycles. The maximum atomic E-state index is 12.2. The van der Waals surface area contributed by atoms with Gasteiger partial charge in [0.15, 0.2) is 5.13 Å². The summed E-state index contributed by atoms with van der Waals surface area (Å²) in [6, 6.07) is 5.68. The average Bonchev–Trinajstić information content (AvgIpc) is 3.17. The summed E-state index contributed by atoms with van der Waals surface area (Å²) in [5.41, 5.74) is 2.77. The Labute approximate surface area is 165 Å². The Morgan fingerprint density at radius 2 is 2.18 bits per heavy atom. The van der Waals surface area contributed by atoms with Crippen molar-refractivity contribution in [3.05, 3.63) is 53.4 Å². The second-order valence-electron chi connectivity index (χ2n) is 6.23. The molecule has 2 amide bonds. The third-order valence-corrected chi connectivity index (χ3v) is 5.00. The summed E-state index contributed by atoms with van der Waals surface area (Å²) in [6.45, 7) is 2.07. The smallest absolute Gasteiger partial charge is 0.277 e. The minimum atomic E-state index is -0.362. The van der Waals surface area contributed by atoms with Crippen molar-refractivity contribution in [1.82, 2.24) is 20.3 Å². The van der Waals surface area contributed by atoms with Gasteiger partial charge >= 0.3 is 0 Å². The molecule has 0 saturated carbocycles. The summed E-state index contributed by atoms with van der Waals surface area (Å²) in [5, 5.41) is 8.03. The average molecular weight is 395 g/mol. The number of thiazole rings is 1. The summed E-state index contributed by atoms with van der Waals surface area (Å²) >= 11 is 1.32. The Hall–Kier alpha value is -3.33. The van der Waals surface area contributed by atoms with Gasteiger partial charge in [-0.3, -0.25) is 19.9 Å². The van der Waals surface area contributed by atoms with Crippen molar-refractivity contribution in [2.45, 2.75) is 19.4 Å². The molecule has 28 heavy (non-hydrogen) atoms. The SMILES string of the molecule is CC(=O)NC1CCOc2ccc(-c3csc(NC(=O)c4cnccn4)n3)cc21. The molecule has 0 bridgehead atoms. The molecule has 0 radical (unpaired) electrons. The Balaban J connectivity index is 1.55. The van der Waals surface area contributed by atoms with Gasteiger partial charge in [0.1, 0.15) is 11.4 Å². The summed E-state index contributed by atoms with van der Waals surface area (Å²) in [5.74, 6) is 0.324. The molecule has 9 heteroatoms. The molecule has 1 aliphatic heterocycles. The van der Waals surface area contributed by atoms with Crippen molar-refractivity contribution in [2.75, 3.05) is 11.9 Å². The molecular formula is C19H17N5O3S. The van der Waals surface area contributed by atoms with E-state index in [-0.39, 0.29) is 23.6 Å². The van der Waals surface area contributed by atoms with Crippen LogP contribution in [0.2, 0.25) is 0 Å². The quantitative estimate of drug-likeness (QED) is 0.704. The second kappa shape index (κ2) is 7.73. The fraction of sp³-hybridized carbons (Fsp3) is 0.211. The van der Waals surface area contributed by atoms with Gasteiger partial charge in [0.2, 0.25) is 5.91 Å². The summed E-state index contributed by atoms with van der Waals surface area (Å²) in [6.07, 6.45) is 5.08. The molecular weight excluding hydrogens is 378 g/mol. The second-order valence-corrected chi connectivity index (χ2v) is 7.08. The molecule has 8 nitrogen and oxygen atoms in total. The van der Waals surface area contributed by atoms with Gasteiger partial charge < -0.3 is 10.1 Å². The fourth-order valence-corrected chi connectivity index (χ4v) is 3.71. The molecule has 1 unspecified atom stereocenters. The van der Waals surface area contributed by atoms with Crippen LogP contribution in [0.1, 0.15) is 35.4 Å². The number of fused-ring (bicyclic) bond motifs is 1. The van der Waals surface area contributed by atoms with Gasteiger partial charge in [-0.05, 0) is 18.2 Å². The van der Waals surface area contributed by atoms with Crippen LogP contribution in [0.5, 0.6) is 5.75 Å². The Bertz CT molecular complexity index is 1020. The number of carbonyl (C=O) groups is 2. The third kappa shape index (κ3) is 3.84. The molecule has 3 heterocycles. The van der Waals surface area contributed by atoms with Crippen LogP contribution in [-0.2, 0) is 4.79 Å². The number of aromatic nitrogens is 3. The van der Waals surface area contributed by atoms with Gasteiger partial charge in [0.05, 0.1) is 24.5 Å². The number of anilines is 1. The van der Waals surface area contributed by atoms with E-state index < -0.39 is 0 Å². The normalized spacial score (nSPS) is 15.2. The fourth-order valence-electron chi connectivity index (χ4n) is 2.99. The Morgan fingerprint density at radius 1 is 1.29 bits per heavy atom. The van der Waals surface area contributed by atoms with Gasteiger partial charge in [0, 0.05) is 42.2 Å². The molecule has 4 rings (SSSR count). The number of amides is 2. The maximum absolute atomic E-state index is 12.2. The highest BCUT2D eigenvalue weighted by Gasteiger charge is 2.23. The van der Waals surface area contributed by atoms with E-state index in [0.717, 1.165) is 22.6 Å². The van der Waals surface area contributed by atoms with Gasteiger partial charge in [-0.1, -0.05) is 0 Å². The lowest BCUT2D eigenvalue weighted by molar-refractivity contribution is -0.119. The lowest BCUT2D eigenvalue weighted by Gasteiger charge is -2.26. The number of benzene rings is 1. The van der Waals surface area contributed by atoms with Crippen LogP contribution in [0.25, 0.3) is 11.3 Å². The van der Waals surface area contributed by atoms with Gasteiger partial charge in [-0.2, -0.15) is 0 Å². The summed E-state index contributed by atoms with van der Waals surface area (Å²) < 4.78 is 5.69. The van der Waals surface area contributed by atoms with E-state index in [1.165, 1.54) is 36.9 Å². The molecule has 1 aromatic carbocycles. The maximum Gasteiger partial charge on any atom is 0.277 e. The molecule has 2 aromatic heterocycles. The van der Waals surface area contributed by atoms with Crippen LogP contribution in [0.4, 0.5) is 5.13 Å². The van der Waals surface area contributed by atoms with Gasteiger partial charge in [-0.15, -0.1) is 11.3 Å². The minimum absolute atomic E-state index is 0.0779. The number of carbonyl (C=O) groups excluding carboxylic acids is 2. The summed E-state index contributed by atoms with van der Waals surface area (Å²) in [7, 11) is 0.